The fraction of sp³-hybridized carbons (Fsp3) is 0.364. The topological polar surface area (TPSA) is 73.5 Å². The van der Waals surface area contributed by atoms with Crippen LogP contribution >= 0.6 is 0 Å². The molecule has 1 atom stereocenters. The predicted molar refractivity (Wildman–Crippen MR) is 116 cm³/mol. The highest BCUT2D eigenvalue weighted by molar-refractivity contribution is 5.95. The van der Waals surface area contributed by atoms with Crippen molar-refractivity contribution in [1.82, 2.24) is 14.9 Å². The number of nitrogens with one attached hydrogen (secondary N) is 2. The number of anilines is 2. The summed E-state index contributed by atoms with van der Waals surface area (Å²) < 4.78 is 29.7. The monoisotopic (exact) mass is 429 g/mol. The van der Waals surface area contributed by atoms with Gasteiger partial charge in [0.2, 0.25) is 11.9 Å². The minimum Gasteiger partial charge on any atom is -0.433 e. The third-order valence-electron chi connectivity index (χ3n) is 5.50. The fourth-order valence-electron chi connectivity index (χ4n) is 3.80. The molecule has 0 spiro atoms. The van der Waals surface area contributed by atoms with Crippen molar-refractivity contribution in [2.75, 3.05) is 36.4 Å². The first kappa shape index (κ1) is 21.0. The van der Waals surface area contributed by atoms with E-state index >= 15 is 0 Å². The summed E-state index contributed by atoms with van der Waals surface area (Å²) in [6, 6.07) is 13.7. The molecule has 2 N–H and O–H groups in total. The second-order valence-electron chi connectivity index (χ2n) is 7.49. The Morgan fingerprint density at radius 2 is 1.87 bits per heavy atom. The summed E-state index contributed by atoms with van der Waals surface area (Å²) in [5.41, 5.74) is 2.16. The zero-order chi connectivity index (χ0) is 21.8. The number of carbonyl (C=O) groups excluding carboxylic acids is 1. The Kier molecular flexibility index (Phi) is 6.31. The van der Waals surface area contributed by atoms with Crippen molar-refractivity contribution in [3.8, 4) is 5.75 Å². The number of halogens is 2. The van der Waals surface area contributed by atoms with Crippen LogP contribution in [0.1, 0.15) is 13.3 Å². The van der Waals surface area contributed by atoms with E-state index in [0.29, 0.717) is 6.54 Å². The molecule has 1 amide bonds. The van der Waals surface area contributed by atoms with Gasteiger partial charge in [-0.25, -0.2) is 4.98 Å². The Bertz CT molecular complexity index is 1010. The van der Waals surface area contributed by atoms with Crippen molar-refractivity contribution in [2.24, 2.45) is 0 Å². The van der Waals surface area contributed by atoms with Gasteiger partial charge in [0.25, 0.3) is 0 Å². The van der Waals surface area contributed by atoms with Crippen molar-refractivity contribution in [2.45, 2.75) is 26.0 Å². The number of nitrogens with zero attached hydrogens (tertiary/aromatic N) is 3. The number of hydrogen-bond donors (Lipinski definition) is 2. The van der Waals surface area contributed by atoms with Gasteiger partial charge in [0.15, 0.2) is 0 Å². The number of hydrogen-bond acceptors (Lipinski definition) is 5. The van der Waals surface area contributed by atoms with Crippen molar-refractivity contribution in [3.63, 3.8) is 0 Å². The van der Waals surface area contributed by atoms with Crippen LogP contribution in [0.5, 0.6) is 5.75 Å². The number of benzene rings is 2. The zero-order valence-electron chi connectivity index (χ0n) is 17.2. The van der Waals surface area contributed by atoms with E-state index in [-0.39, 0.29) is 17.3 Å². The molecule has 0 bridgehead atoms. The number of ether oxygens (including phenoxy) is 1. The van der Waals surface area contributed by atoms with Gasteiger partial charge >= 0.3 is 6.61 Å². The van der Waals surface area contributed by atoms with Crippen LogP contribution < -0.4 is 15.0 Å². The molecule has 9 heteroatoms. The number of amides is 1. The molecule has 164 valence electrons. The Morgan fingerprint density at radius 1 is 1.10 bits per heavy atom. The number of aromatic nitrogens is 2. The molecule has 2 heterocycles. The van der Waals surface area contributed by atoms with Crippen LogP contribution in [-0.2, 0) is 4.79 Å². The minimum absolute atomic E-state index is 0.0509. The molecule has 2 aromatic carbocycles. The largest absolute Gasteiger partial charge is 0.433 e. The lowest BCUT2D eigenvalue weighted by Gasteiger charge is -2.27. The zero-order valence-corrected chi connectivity index (χ0v) is 17.2. The van der Waals surface area contributed by atoms with E-state index in [1.165, 1.54) is 6.07 Å². The van der Waals surface area contributed by atoms with Gasteiger partial charge in [0.1, 0.15) is 5.75 Å². The van der Waals surface area contributed by atoms with E-state index in [1.54, 1.807) is 18.2 Å². The summed E-state index contributed by atoms with van der Waals surface area (Å²) in [5, 5.41) is 2.72. The number of aromatic amines is 1. The predicted octanol–water partition coefficient (Wildman–Crippen LogP) is 3.70. The molecule has 3 aromatic rings. The molecular formula is C22H25F2N5O2. The second kappa shape index (κ2) is 9.30. The second-order valence-corrected chi connectivity index (χ2v) is 7.49. The Hall–Kier alpha value is -3.20. The summed E-state index contributed by atoms with van der Waals surface area (Å²) in [6.07, 6.45) is 0.875. The Balaban J connectivity index is 1.39. The number of carbonyl (C=O) groups is 1. The number of para-hydroxylation sites is 4. The smallest absolute Gasteiger partial charge is 0.387 e. The van der Waals surface area contributed by atoms with E-state index in [4.69, 9.17) is 0 Å². The van der Waals surface area contributed by atoms with Crippen LogP contribution in [0.15, 0.2) is 48.5 Å². The average Bonchev–Trinajstić information content (AvgIpc) is 3.03. The third-order valence-corrected chi connectivity index (χ3v) is 5.50. The highest BCUT2D eigenvalue weighted by atomic mass is 19.3. The average molecular weight is 429 g/mol. The highest BCUT2D eigenvalue weighted by Gasteiger charge is 2.26. The molecule has 1 aliphatic rings. The maximum atomic E-state index is 12.8. The van der Waals surface area contributed by atoms with Gasteiger partial charge < -0.3 is 19.9 Å². The molecule has 1 aromatic heterocycles. The summed E-state index contributed by atoms with van der Waals surface area (Å²) in [7, 11) is 0. The first-order valence-electron chi connectivity index (χ1n) is 10.3. The lowest BCUT2D eigenvalue weighted by Crippen LogP contribution is -2.44. The highest BCUT2D eigenvalue weighted by Crippen LogP contribution is 2.26. The molecule has 1 aliphatic heterocycles. The Labute approximate surface area is 179 Å². The number of rotatable bonds is 6. The van der Waals surface area contributed by atoms with E-state index in [1.807, 2.05) is 31.2 Å². The van der Waals surface area contributed by atoms with Crippen LogP contribution in [0.25, 0.3) is 11.0 Å². The fourth-order valence-corrected chi connectivity index (χ4v) is 3.80. The van der Waals surface area contributed by atoms with Crippen LogP contribution in [0.2, 0.25) is 0 Å². The van der Waals surface area contributed by atoms with E-state index in [0.717, 1.165) is 43.0 Å². The molecule has 0 saturated carbocycles. The van der Waals surface area contributed by atoms with Gasteiger partial charge in [-0.2, -0.15) is 8.78 Å². The molecule has 0 radical (unpaired) electrons. The molecule has 1 unspecified atom stereocenters. The van der Waals surface area contributed by atoms with Crippen LogP contribution in [0, 0.1) is 0 Å². The van der Waals surface area contributed by atoms with Crippen LogP contribution in [0.4, 0.5) is 20.4 Å². The van der Waals surface area contributed by atoms with Gasteiger partial charge in [-0.15, -0.1) is 0 Å². The van der Waals surface area contributed by atoms with Crippen LogP contribution in [-0.4, -0.2) is 59.6 Å². The van der Waals surface area contributed by atoms with E-state index in [2.05, 4.69) is 29.8 Å². The molecule has 31 heavy (non-hydrogen) atoms. The Morgan fingerprint density at radius 3 is 2.68 bits per heavy atom. The lowest BCUT2D eigenvalue weighted by atomic mass is 10.2. The minimum atomic E-state index is -2.95. The summed E-state index contributed by atoms with van der Waals surface area (Å²) in [6.45, 7) is 1.85. The summed E-state index contributed by atoms with van der Waals surface area (Å²) in [5.74, 6) is 0.519. The van der Waals surface area contributed by atoms with Crippen molar-refractivity contribution in [3.05, 3.63) is 48.5 Å². The molecular weight excluding hydrogens is 404 g/mol. The maximum absolute atomic E-state index is 12.8. The summed E-state index contributed by atoms with van der Waals surface area (Å²) >= 11 is 0. The molecule has 4 rings (SSSR count). The molecule has 1 fully saturated rings. The SMILES string of the molecule is CC(C(=O)Nc1ccccc1OC(F)F)N1CCCN(c2nc3ccccc3[nH]2)CC1. The van der Waals surface area contributed by atoms with Gasteiger partial charge in [-0.05, 0) is 37.6 Å². The third kappa shape index (κ3) is 4.93. The summed E-state index contributed by atoms with van der Waals surface area (Å²) in [4.78, 5) is 25.1. The normalized spacial score (nSPS) is 16.3. The number of fused-ring (bicyclic) bond motifs is 1. The quantitative estimate of drug-likeness (QED) is 0.625. The van der Waals surface area contributed by atoms with Crippen LogP contribution in [0.3, 0.4) is 0 Å². The maximum Gasteiger partial charge on any atom is 0.387 e. The first-order chi connectivity index (χ1) is 15.0. The molecule has 1 saturated heterocycles. The number of alkyl halides is 2. The van der Waals surface area contributed by atoms with Gasteiger partial charge in [-0.3, -0.25) is 9.69 Å². The van der Waals surface area contributed by atoms with E-state index < -0.39 is 12.7 Å². The molecule has 7 nitrogen and oxygen atoms in total. The van der Waals surface area contributed by atoms with Gasteiger partial charge in [0.05, 0.1) is 22.8 Å². The van der Waals surface area contributed by atoms with Gasteiger partial charge in [-0.1, -0.05) is 24.3 Å². The lowest BCUT2D eigenvalue weighted by molar-refractivity contribution is -0.120. The number of imidazole rings is 1. The number of H-pyrrole nitrogens is 1. The van der Waals surface area contributed by atoms with E-state index in [9.17, 15) is 13.6 Å². The van der Waals surface area contributed by atoms with Crippen molar-refractivity contribution < 1.29 is 18.3 Å². The standard InChI is InChI=1S/C22H25F2N5O2/c1-15(20(30)25-18-9-4-5-10-19(18)31-21(23)24)28-11-6-12-29(14-13-28)22-26-16-7-2-3-8-17(16)27-22/h2-5,7-10,15,21H,6,11-14H2,1H3,(H,25,30)(H,26,27). The van der Waals surface area contributed by atoms with Crippen molar-refractivity contribution >= 4 is 28.6 Å². The van der Waals surface area contributed by atoms with Gasteiger partial charge in [0, 0.05) is 26.2 Å². The van der Waals surface area contributed by atoms with Crippen molar-refractivity contribution in [1.29, 1.82) is 0 Å². The first-order valence-corrected chi connectivity index (χ1v) is 10.3. The molecule has 0 aliphatic carbocycles.